The van der Waals surface area contributed by atoms with E-state index in [9.17, 15) is 9.59 Å². The summed E-state index contributed by atoms with van der Waals surface area (Å²) in [5, 5.41) is 3.22. The molecule has 2 aliphatic rings. The monoisotopic (exact) mass is 388 g/mol. The Labute approximate surface area is 167 Å². The smallest absolute Gasteiger partial charge is 0.227 e. The number of hydrogen-bond donors (Lipinski definition) is 1. The summed E-state index contributed by atoms with van der Waals surface area (Å²) in [5.74, 6) is 1.88. The normalized spacial score (nSPS) is 18.6. The van der Waals surface area contributed by atoms with Gasteiger partial charge in [0.05, 0.1) is 20.6 Å². The summed E-state index contributed by atoms with van der Waals surface area (Å²) in [6, 6.07) is 5.72. The lowest BCUT2D eigenvalue weighted by molar-refractivity contribution is -0.132. The number of nitrogens with one attached hydrogen (secondary N) is 1. The first-order valence-electron chi connectivity index (χ1n) is 10.4. The molecule has 0 atom stereocenters. The highest BCUT2D eigenvalue weighted by Gasteiger charge is 2.27. The van der Waals surface area contributed by atoms with Crippen LogP contribution in [0.4, 0.5) is 0 Å². The van der Waals surface area contributed by atoms with Crippen molar-refractivity contribution >= 4 is 11.8 Å². The van der Waals surface area contributed by atoms with E-state index in [-0.39, 0.29) is 23.8 Å². The maximum atomic E-state index is 12.7. The van der Waals surface area contributed by atoms with Crippen molar-refractivity contribution in [2.24, 2.45) is 5.92 Å². The third-order valence-electron chi connectivity index (χ3n) is 6.01. The molecular formula is C22H32N2O4. The predicted molar refractivity (Wildman–Crippen MR) is 108 cm³/mol. The van der Waals surface area contributed by atoms with E-state index in [4.69, 9.17) is 9.47 Å². The molecule has 2 fully saturated rings. The van der Waals surface area contributed by atoms with E-state index in [0.717, 1.165) is 31.2 Å². The molecule has 1 aromatic carbocycles. The molecule has 1 saturated heterocycles. The third kappa shape index (κ3) is 5.18. The second-order valence-electron chi connectivity index (χ2n) is 7.85. The molecule has 2 amide bonds. The number of hydrogen-bond acceptors (Lipinski definition) is 4. The third-order valence-corrected chi connectivity index (χ3v) is 6.01. The second kappa shape index (κ2) is 9.80. The van der Waals surface area contributed by atoms with Gasteiger partial charge in [-0.05, 0) is 31.7 Å². The van der Waals surface area contributed by atoms with E-state index < -0.39 is 0 Å². The summed E-state index contributed by atoms with van der Waals surface area (Å²) >= 11 is 0. The van der Waals surface area contributed by atoms with Crippen LogP contribution in [0.2, 0.25) is 0 Å². The lowest BCUT2D eigenvalue weighted by atomic mass is 9.88. The van der Waals surface area contributed by atoms with Crippen molar-refractivity contribution in [1.82, 2.24) is 10.2 Å². The first-order valence-corrected chi connectivity index (χ1v) is 10.4. The Hall–Kier alpha value is -2.24. The van der Waals surface area contributed by atoms with Gasteiger partial charge in [0.2, 0.25) is 11.8 Å². The highest BCUT2D eigenvalue weighted by atomic mass is 16.5. The maximum Gasteiger partial charge on any atom is 0.227 e. The standard InChI is InChI=1S/C22H32N2O4/c1-27-19-9-8-17(20(15-19)28-2)14-21(25)24-12-10-18(11-13-24)23-22(26)16-6-4-3-5-7-16/h8-9,15-16,18H,3-7,10-14H2,1-2H3,(H,23,26). The van der Waals surface area contributed by atoms with Crippen LogP contribution in [0.3, 0.4) is 0 Å². The number of nitrogens with zero attached hydrogens (tertiary/aromatic N) is 1. The van der Waals surface area contributed by atoms with Gasteiger partial charge in [-0.25, -0.2) is 0 Å². The number of benzene rings is 1. The zero-order valence-corrected chi connectivity index (χ0v) is 17.0. The van der Waals surface area contributed by atoms with Crippen LogP contribution in [0, 0.1) is 5.92 Å². The highest BCUT2D eigenvalue weighted by Crippen LogP contribution is 2.26. The Morgan fingerprint density at radius 1 is 1.04 bits per heavy atom. The predicted octanol–water partition coefficient (Wildman–Crippen LogP) is 2.93. The number of carbonyl (C=O) groups is 2. The van der Waals surface area contributed by atoms with Crippen LogP contribution in [0.1, 0.15) is 50.5 Å². The summed E-state index contributed by atoms with van der Waals surface area (Å²) in [6.07, 6.45) is 7.59. The summed E-state index contributed by atoms with van der Waals surface area (Å²) in [4.78, 5) is 27.0. The van der Waals surface area contributed by atoms with Crippen LogP contribution in [0.15, 0.2) is 18.2 Å². The highest BCUT2D eigenvalue weighted by molar-refractivity contribution is 5.80. The van der Waals surface area contributed by atoms with Crippen LogP contribution in [0.25, 0.3) is 0 Å². The van der Waals surface area contributed by atoms with Crippen molar-refractivity contribution in [3.05, 3.63) is 23.8 Å². The largest absolute Gasteiger partial charge is 0.497 e. The van der Waals surface area contributed by atoms with Gasteiger partial charge < -0.3 is 19.7 Å². The van der Waals surface area contributed by atoms with Gasteiger partial charge in [-0.15, -0.1) is 0 Å². The molecule has 0 spiro atoms. The number of amides is 2. The Bertz CT molecular complexity index is 677. The molecule has 0 unspecified atom stereocenters. The molecule has 1 saturated carbocycles. The molecule has 1 aliphatic carbocycles. The Balaban J connectivity index is 1.48. The Kier molecular flexibility index (Phi) is 7.18. The van der Waals surface area contributed by atoms with E-state index in [0.29, 0.717) is 31.0 Å². The zero-order valence-electron chi connectivity index (χ0n) is 17.0. The number of carbonyl (C=O) groups excluding carboxylic acids is 2. The maximum absolute atomic E-state index is 12.7. The van der Waals surface area contributed by atoms with Gasteiger partial charge in [-0.1, -0.05) is 25.3 Å². The van der Waals surface area contributed by atoms with Crippen LogP contribution in [-0.2, 0) is 16.0 Å². The second-order valence-corrected chi connectivity index (χ2v) is 7.85. The molecule has 3 rings (SSSR count). The number of likely N-dealkylation sites (tertiary alicyclic amines) is 1. The van der Waals surface area contributed by atoms with Crippen molar-refractivity contribution in [2.45, 2.75) is 57.4 Å². The van der Waals surface area contributed by atoms with E-state index in [1.165, 1.54) is 19.3 Å². The first kappa shape index (κ1) is 20.5. The molecule has 1 heterocycles. The molecule has 1 aliphatic heterocycles. The molecule has 0 radical (unpaired) electrons. The van der Waals surface area contributed by atoms with Crippen LogP contribution < -0.4 is 14.8 Å². The molecule has 1 aromatic rings. The molecule has 6 nitrogen and oxygen atoms in total. The van der Waals surface area contributed by atoms with E-state index in [1.54, 1.807) is 20.3 Å². The van der Waals surface area contributed by atoms with E-state index >= 15 is 0 Å². The zero-order chi connectivity index (χ0) is 19.9. The number of piperidine rings is 1. The van der Waals surface area contributed by atoms with Crippen molar-refractivity contribution in [3.8, 4) is 11.5 Å². The fourth-order valence-corrected chi connectivity index (χ4v) is 4.23. The molecule has 6 heteroatoms. The fourth-order valence-electron chi connectivity index (χ4n) is 4.23. The Morgan fingerprint density at radius 2 is 1.75 bits per heavy atom. The van der Waals surface area contributed by atoms with Gasteiger partial charge in [0, 0.05) is 36.7 Å². The SMILES string of the molecule is COc1ccc(CC(=O)N2CCC(NC(=O)C3CCCCC3)CC2)c(OC)c1. The first-order chi connectivity index (χ1) is 13.6. The van der Waals surface area contributed by atoms with Gasteiger partial charge >= 0.3 is 0 Å². The minimum absolute atomic E-state index is 0.0977. The number of methoxy groups -OCH3 is 2. The summed E-state index contributed by atoms with van der Waals surface area (Å²) < 4.78 is 10.6. The van der Waals surface area contributed by atoms with Gasteiger partial charge in [0.25, 0.3) is 0 Å². The van der Waals surface area contributed by atoms with E-state index in [1.807, 2.05) is 17.0 Å². The number of rotatable bonds is 6. The van der Waals surface area contributed by atoms with Crippen LogP contribution in [0.5, 0.6) is 11.5 Å². The minimum Gasteiger partial charge on any atom is -0.497 e. The Morgan fingerprint density at radius 3 is 2.39 bits per heavy atom. The molecular weight excluding hydrogens is 356 g/mol. The molecule has 1 N–H and O–H groups in total. The van der Waals surface area contributed by atoms with E-state index in [2.05, 4.69) is 5.32 Å². The quantitative estimate of drug-likeness (QED) is 0.814. The molecule has 0 aromatic heterocycles. The van der Waals surface area contributed by atoms with Gasteiger partial charge in [0.1, 0.15) is 11.5 Å². The van der Waals surface area contributed by atoms with Crippen molar-refractivity contribution in [3.63, 3.8) is 0 Å². The summed E-state index contributed by atoms with van der Waals surface area (Å²) in [6.45, 7) is 1.37. The lowest BCUT2D eigenvalue weighted by Gasteiger charge is -2.33. The number of ether oxygens (including phenoxy) is 2. The molecule has 0 bridgehead atoms. The van der Waals surface area contributed by atoms with Gasteiger partial charge in [0.15, 0.2) is 0 Å². The van der Waals surface area contributed by atoms with Crippen LogP contribution >= 0.6 is 0 Å². The van der Waals surface area contributed by atoms with Crippen molar-refractivity contribution < 1.29 is 19.1 Å². The van der Waals surface area contributed by atoms with Gasteiger partial charge in [-0.3, -0.25) is 9.59 Å². The molecule has 28 heavy (non-hydrogen) atoms. The average molecular weight is 389 g/mol. The lowest BCUT2D eigenvalue weighted by Crippen LogP contribution is -2.48. The summed E-state index contributed by atoms with van der Waals surface area (Å²) in [5.41, 5.74) is 0.862. The molecule has 154 valence electrons. The summed E-state index contributed by atoms with van der Waals surface area (Å²) in [7, 11) is 3.21. The average Bonchev–Trinajstić information content (AvgIpc) is 2.75. The van der Waals surface area contributed by atoms with Crippen molar-refractivity contribution in [1.29, 1.82) is 0 Å². The minimum atomic E-state index is 0.0977. The van der Waals surface area contributed by atoms with Crippen molar-refractivity contribution in [2.75, 3.05) is 27.3 Å². The fraction of sp³-hybridized carbons (Fsp3) is 0.636. The van der Waals surface area contributed by atoms with Gasteiger partial charge in [-0.2, -0.15) is 0 Å². The van der Waals surface area contributed by atoms with Crippen LogP contribution in [-0.4, -0.2) is 50.1 Å². The topological polar surface area (TPSA) is 67.9 Å².